The summed E-state index contributed by atoms with van der Waals surface area (Å²) in [6.45, 7) is 3.00. The van der Waals surface area contributed by atoms with E-state index < -0.39 is 0 Å². The molecule has 1 aromatic heterocycles. The van der Waals surface area contributed by atoms with E-state index in [-0.39, 0.29) is 23.8 Å². The highest BCUT2D eigenvalue weighted by molar-refractivity contribution is 5.94. The fraction of sp³-hybridized carbons (Fsp3) is 0.429. The summed E-state index contributed by atoms with van der Waals surface area (Å²) in [4.78, 5) is 29.1. The van der Waals surface area contributed by atoms with Crippen LogP contribution in [-0.4, -0.2) is 54.4 Å². The molecular formula is C21H24N2O4. The smallest absolute Gasteiger partial charge is 0.257 e. The maximum atomic E-state index is 13.0. The number of piperidine rings is 1. The molecule has 2 fully saturated rings. The monoisotopic (exact) mass is 368 g/mol. The van der Waals surface area contributed by atoms with Crippen molar-refractivity contribution in [1.82, 2.24) is 9.80 Å². The van der Waals surface area contributed by atoms with E-state index in [4.69, 9.17) is 9.15 Å². The standard InChI is InChI=1S/C21H24N2O4/c24-20(23-11-13-27-19(14-23)16-4-2-1-3-5-16)17-6-9-22(10-7-17)21(25)18-8-12-26-15-18/h1-5,8,12,15,17,19H,6-7,9-11,13-14H2. The lowest BCUT2D eigenvalue weighted by Gasteiger charge is -2.38. The van der Waals surface area contributed by atoms with Crippen molar-refractivity contribution in [3.63, 3.8) is 0 Å². The summed E-state index contributed by atoms with van der Waals surface area (Å²) in [6, 6.07) is 11.7. The van der Waals surface area contributed by atoms with Gasteiger partial charge in [0.1, 0.15) is 12.4 Å². The van der Waals surface area contributed by atoms with Crippen LogP contribution in [-0.2, 0) is 9.53 Å². The highest BCUT2D eigenvalue weighted by Crippen LogP contribution is 2.26. The molecule has 1 atom stereocenters. The summed E-state index contributed by atoms with van der Waals surface area (Å²) in [7, 11) is 0. The summed E-state index contributed by atoms with van der Waals surface area (Å²) in [5.41, 5.74) is 1.68. The Bertz CT molecular complexity index is 767. The maximum Gasteiger partial charge on any atom is 0.257 e. The molecule has 2 amide bonds. The van der Waals surface area contributed by atoms with Crippen LogP contribution >= 0.6 is 0 Å². The molecule has 2 aromatic rings. The van der Waals surface area contributed by atoms with Crippen LogP contribution in [0.3, 0.4) is 0 Å². The van der Waals surface area contributed by atoms with Gasteiger partial charge in [0.25, 0.3) is 5.91 Å². The molecule has 1 aromatic carbocycles. The zero-order valence-electron chi connectivity index (χ0n) is 15.3. The second-order valence-electron chi connectivity index (χ2n) is 7.13. The van der Waals surface area contributed by atoms with E-state index in [1.54, 1.807) is 11.0 Å². The molecule has 0 aliphatic carbocycles. The van der Waals surface area contributed by atoms with Gasteiger partial charge in [0.05, 0.1) is 25.0 Å². The van der Waals surface area contributed by atoms with Gasteiger partial charge in [-0.3, -0.25) is 9.59 Å². The first-order valence-corrected chi connectivity index (χ1v) is 9.49. The molecule has 0 N–H and O–H groups in total. The molecule has 0 bridgehead atoms. The second-order valence-corrected chi connectivity index (χ2v) is 7.13. The minimum Gasteiger partial charge on any atom is -0.472 e. The van der Waals surface area contributed by atoms with Crippen LogP contribution in [0.1, 0.15) is 34.9 Å². The molecule has 6 heteroatoms. The number of nitrogens with zero attached hydrogens (tertiary/aromatic N) is 2. The van der Waals surface area contributed by atoms with Gasteiger partial charge in [-0.15, -0.1) is 0 Å². The summed E-state index contributed by atoms with van der Waals surface area (Å²) in [5, 5.41) is 0. The number of rotatable bonds is 3. The number of carbonyl (C=O) groups excluding carboxylic acids is 2. The summed E-state index contributed by atoms with van der Waals surface area (Å²) in [6.07, 6.45) is 4.32. The zero-order valence-corrected chi connectivity index (χ0v) is 15.3. The molecule has 27 heavy (non-hydrogen) atoms. The first kappa shape index (κ1) is 17.8. The molecule has 0 saturated carbocycles. The minimum atomic E-state index is -0.0633. The fourth-order valence-electron chi connectivity index (χ4n) is 3.88. The van der Waals surface area contributed by atoms with Crippen LogP contribution in [0, 0.1) is 5.92 Å². The Hall–Kier alpha value is -2.60. The predicted molar refractivity (Wildman–Crippen MR) is 99.1 cm³/mol. The molecule has 2 saturated heterocycles. The summed E-state index contributed by atoms with van der Waals surface area (Å²) in [5.74, 6) is 0.146. The second kappa shape index (κ2) is 7.96. The summed E-state index contributed by atoms with van der Waals surface area (Å²) < 4.78 is 10.9. The van der Waals surface area contributed by atoms with Gasteiger partial charge in [0, 0.05) is 25.6 Å². The van der Waals surface area contributed by atoms with Gasteiger partial charge >= 0.3 is 0 Å². The third-order valence-corrected chi connectivity index (χ3v) is 5.45. The highest BCUT2D eigenvalue weighted by atomic mass is 16.5. The van der Waals surface area contributed by atoms with E-state index in [9.17, 15) is 9.59 Å². The molecular weight excluding hydrogens is 344 g/mol. The molecule has 4 rings (SSSR count). The van der Waals surface area contributed by atoms with Crippen molar-refractivity contribution >= 4 is 11.8 Å². The van der Waals surface area contributed by atoms with E-state index in [2.05, 4.69) is 0 Å². The molecule has 2 aliphatic heterocycles. The van der Waals surface area contributed by atoms with Crippen LogP contribution in [0.4, 0.5) is 0 Å². The number of likely N-dealkylation sites (tertiary alicyclic amines) is 1. The third-order valence-electron chi connectivity index (χ3n) is 5.45. The molecule has 6 nitrogen and oxygen atoms in total. The van der Waals surface area contributed by atoms with Crippen LogP contribution in [0.15, 0.2) is 53.3 Å². The van der Waals surface area contributed by atoms with Crippen molar-refractivity contribution in [2.45, 2.75) is 18.9 Å². The van der Waals surface area contributed by atoms with Gasteiger partial charge < -0.3 is 19.0 Å². The fourth-order valence-corrected chi connectivity index (χ4v) is 3.88. The Kier molecular flexibility index (Phi) is 5.25. The van der Waals surface area contributed by atoms with Gasteiger partial charge in [-0.2, -0.15) is 0 Å². The van der Waals surface area contributed by atoms with Crippen molar-refractivity contribution in [2.24, 2.45) is 5.92 Å². The normalized spacial score (nSPS) is 21.3. The quantitative estimate of drug-likeness (QED) is 0.836. The average molecular weight is 368 g/mol. The van der Waals surface area contributed by atoms with Crippen LogP contribution in [0.5, 0.6) is 0 Å². The Balaban J connectivity index is 1.33. The van der Waals surface area contributed by atoms with E-state index >= 15 is 0 Å². The van der Waals surface area contributed by atoms with Crippen LogP contribution in [0.25, 0.3) is 0 Å². The summed E-state index contributed by atoms with van der Waals surface area (Å²) >= 11 is 0. The van der Waals surface area contributed by atoms with Crippen molar-refractivity contribution in [3.05, 3.63) is 60.1 Å². The predicted octanol–water partition coefficient (Wildman–Crippen LogP) is 2.73. The van der Waals surface area contributed by atoms with Crippen molar-refractivity contribution < 1.29 is 18.7 Å². The van der Waals surface area contributed by atoms with Gasteiger partial charge in [-0.1, -0.05) is 30.3 Å². The number of morpholine rings is 1. The Labute approximate surface area is 158 Å². The number of carbonyl (C=O) groups is 2. The number of hydrogen-bond acceptors (Lipinski definition) is 4. The Morgan fingerprint density at radius 3 is 2.44 bits per heavy atom. The van der Waals surface area contributed by atoms with E-state index in [1.165, 1.54) is 12.5 Å². The van der Waals surface area contributed by atoms with E-state index in [0.717, 1.165) is 5.56 Å². The molecule has 142 valence electrons. The molecule has 2 aliphatic rings. The number of ether oxygens (including phenoxy) is 1. The lowest BCUT2D eigenvalue weighted by atomic mass is 9.94. The minimum absolute atomic E-state index is 0.0204. The number of furan rings is 1. The highest BCUT2D eigenvalue weighted by Gasteiger charge is 2.33. The Morgan fingerprint density at radius 2 is 1.74 bits per heavy atom. The van der Waals surface area contributed by atoms with Crippen molar-refractivity contribution in [2.75, 3.05) is 32.8 Å². The van der Waals surface area contributed by atoms with E-state index in [1.807, 2.05) is 35.2 Å². The van der Waals surface area contributed by atoms with Crippen molar-refractivity contribution in [1.29, 1.82) is 0 Å². The Morgan fingerprint density at radius 1 is 0.963 bits per heavy atom. The largest absolute Gasteiger partial charge is 0.472 e. The molecule has 1 unspecified atom stereocenters. The first-order chi connectivity index (χ1) is 13.2. The van der Waals surface area contributed by atoms with Crippen molar-refractivity contribution in [3.8, 4) is 0 Å². The van der Waals surface area contributed by atoms with Crippen LogP contribution in [0.2, 0.25) is 0 Å². The molecule has 3 heterocycles. The number of benzene rings is 1. The first-order valence-electron chi connectivity index (χ1n) is 9.49. The maximum absolute atomic E-state index is 13.0. The third kappa shape index (κ3) is 3.90. The SMILES string of the molecule is O=C(c1ccoc1)N1CCC(C(=O)N2CCOC(c3ccccc3)C2)CC1. The van der Waals surface area contributed by atoms with Gasteiger partial charge in [0.2, 0.25) is 5.91 Å². The average Bonchev–Trinajstić information content (AvgIpc) is 3.28. The number of amides is 2. The van der Waals surface area contributed by atoms with Gasteiger partial charge in [0.15, 0.2) is 0 Å². The van der Waals surface area contributed by atoms with E-state index in [0.29, 0.717) is 51.2 Å². The molecule has 0 radical (unpaired) electrons. The van der Waals surface area contributed by atoms with Gasteiger partial charge in [-0.05, 0) is 24.5 Å². The topological polar surface area (TPSA) is 63.0 Å². The number of hydrogen-bond donors (Lipinski definition) is 0. The van der Waals surface area contributed by atoms with Crippen LogP contribution < -0.4 is 0 Å². The lowest BCUT2D eigenvalue weighted by molar-refractivity contribution is -0.144. The zero-order chi connectivity index (χ0) is 18.6. The van der Waals surface area contributed by atoms with Gasteiger partial charge in [-0.25, -0.2) is 0 Å². The lowest BCUT2D eigenvalue weighted by Crippen LogP contribution is -2.48. The molecule has 0 spiro atoms.